The number of rotatable bonds is 3. The molecule has 2 fully saturated rings. The van der Waals surface area contributed by atoms with Gasteiger partial charge in [-0.2, -0.15) is 0 Å². The molecule has 3 unspecified atom stereocenters. The molecule has 2 bridgehead atoms. The van der Waals surface area contributed by atoms with Gasteiger partial charge in [-0.25, -0.2) is 4.79 Å². The lowest BCUT2D eigenvalue weighted by atomic mass is 9.88. The van der Waals surface area contributed by atoms with Crippen LogP contribution in [0.1, 0.15) is 29.6 Å². The Balaban J connectivity index is 1.79. The fourth-order valence-electron chi connectivity index (χ4n) is 3.25. The lowest BCUT2D eigenvalue weighted by Gasteiger charge is -2.20. The van der Waals surface area contributed by atoms with Gasteiger partial charge in [0.1, 0.15) is 0 Å². The Hall–Kier alpha value is -1.59. The van der Waals surface area contributed by atoms with Crippen molar-refractivity contribution < 1.29 is 14.3 Å². The molecular weight excluding hydrogens is 292 g/mol. The molecule has 3 atom stereocenters. The number of nitrogens with one attached hydrogen (secondary N) is 2. The van der Waals surface area contributed by atoms with Crippen LogP contribution in [0.25, 0.3) is 0 Å². The van der Waals surface area contributed by atoms with Crippen LogP contribution < -0.4 is 10.6 Å². The second-order valence-electron chi connectivity index (χ2n) is 5.56. The topological polar surface area (TPSA) is 67.4 Å². The Labute approximate surface area is 128 Å². The summed E-state index contributed by atoms with van der Waals surface area (Å²) in [6, 6.07) is 5.43. The first-order chi connectivity index (χ1) is 10.1. The van der Waals surface area contributed by atoms with E-state index in [-0.39, 0.29) is 17.9 Å². The monoisotopic (exact) mass is 308 g/mol. The van der Waals surface area contributed by atoms with Gasteiger partial charge in [0.2, 0.25) is 5.91 Å². The Morgan fingerprint density at radius 3 is 2.81 bits per heavy atom. The second kappa shape index (κ2) is 5.66. The number of hydrogen-bond donors (Lipinski definition) is 2. The average molecular weight is 309 g/mol. The molecular formula is C15H17ClN2O3. The summed E-state index contributed by atoms with van der Waals surface area (Å²) in [5, 5.41) is 6.72. The lowest BCUT2D eigenvalue weighted by Crippen LogP contribution is -2.33. The van der Waals surface area contributed by atoms with Crippen molar-refractivity contribution in [3.8, 4) is 0 Å². The number of carbonyl (C=O) groups excluding carboxylic acids is 2. The van der Waals surface area contributed by atoms with E-state index in [0.717, 1.165) is 19.3 Å². The molecule has 1 aromatic rings. The first-order valence-corrected chi connectivity index (χ1v) is 7.41. The average Bonchev–Trinajstić information content (AvgIpc) is 3.09. The first-order valence-electron chi connectivity index (χ1n) is 7.03. The fourth-order valence-corrected chi connectivity index (χ4v) is 3.42. The van der Waals surface area contributed by atoms with Gasteiger partial charge in [-0.05, 0) is 37.5 Å². The zero-order valence-corrected chi connectivity index (χ0v) is 12.4. The summed E-state index contributed by atoms with van der Waals surface area (Å²) in [5.74, 6) is -0.608. The second-order valence-corrected chi connectivity index (χ2v) is 6.00. The van der Waals surface area contributed by atoms with Crippen molar-refractivity contribution in [2.45, 2.75) is 31.3 Å². The number of anilines is 1. The van der Waals surface area contributed by atoms with Crippen molar-refractivity contribution >= 4 is 29.2 Å². The highest BCUT2D eigenvalue weighted by atomic mass is 35.5. The molecule has 0 radical (unpaired) electrons. The number of amides is 1. The number of benzene rings is 1. The summed E-state index contributed by atoms with van der Waals surface area (Å²) < 4.78 is 4.73. The van der Waals surface area contributed by atoms with Gasteiger partial charge < -0.3 is 15.4 Å². The maximum atomic E-state index is 12.4. The van der Waals surface area contributed by atoms with Crippen LogP contribution in [0.3, 0.4) is 0 Å². The van der Waals surface area contributed by atoms with Crippen LogP contribution in [0.5, 0.6) is 0 Å². The number of halogens is 1. The van der Waals surface area contributed by atoms with Gasteiger partial charge >= 0.3 is 5.97 Å². The SMILES string of the molecule is COC(=O)c1ccc(Cl)cc1NC(=O)C1CC2CCC1N2. The number of esters is 1. The van der Waals surface area contributed by atoms with Gasteiger partial charge in [0.25, 0.3) is 0 Å². The highest BCUT2D eigenvalue weighted by Gasteiger charge is 2.42. The first kappa shape index (κ1) is 14.4. The van der Waals surface area contributed by atoms with Gasteiger partial charge in [-0.15, -0.1) is 0 Å². The van der Waals surface area contributed by atoms with Crippen molar-refractivity contribution in [2.24, 2.45) is 5.92 Å². The van der Waals surface area contributed by atoms with Gasteiger partial charge in [0.15, 0.2) is 0 Å². The zero-order chi connectivity index (χ0) is 15.0. The maximum Gasteiger partial charge on any atom is 0.339 e. The van der Waals surface area contributed by atoms with Crippen molar-refractivity contribution in [3.05, 3.63) is 28.8 Å². The van der Waals surface area contributed by atoms with Gasteiger partial charge in [-0.1, -0.05) is 11.6 Å². The molecule has 6 heteroatoms. The summed E-state index contributed by atoms with van der Waals surface area (Å²) in [5.41, 5.74) is 0.716. The molecule has 0 aromatic heterocycles. The molecule has 5 nitrogen and oxygen atoms in total. The molecule has 1 aromatic carbocycles. The summed E-state index contributed by atoms with van der Waals surface area (Å²) in [6.45, 7) is 0. The molecule has 2 heterocycles. The van der Waals surface area contributed by atoms with Crippen molar-refractivity contribution in [1.82, 2.24) is 5.32 Å². The number of ether oxygens (including phenoxy) is 1. The Morgan fingerprint density at radius 2 is 2.19 bits per heavy atom. The van der Waals surface area contributed by atoms with E-state index >= 15 is 0 Å². The molecule has 0 saturated carbocycles. The minimum atomic E-state index is -0.493. The van der Waals surface area contributed by atoms with Gasteiger partial charge in [-0.3, -0.25) is 4.79 Å². The number of fused-ring (bicyclic) bond motifs is 2. The molecule has 1 amide bonds. The molecule has 2 saturated heterocycles. The summed E-state index contributed by atoms with van der Waals surface area (Å²) in [7, 11) is 1.31. The largest absolute Gasteiger partial charge is 0.465 e. The molecule has 21 heavy (non-hydrogen) atoms. The summed E-state index contributed by atoms with van der Waals surface area (Å²) >= 11 is 5.96. The highest BCUT2D eigenvalue weighted by molar-refractivity contribution is 6.31. The van der Waals surface area contributed by atoms with Gasteiger partial charge in [0, 0.05) is 17.1 Å². The Morgan fingerprint density at radius 1 is 1.38 bits per heavy atom. The number of carbonyl (C=O) groups is 2. The minimum Gasteiger partial charge on any atom is -0.465 e. The van der Waals surface area contributed by atoms with E-state index in [4.69, 9.17) is 16.3 Å². The van der Waals surface area contributed by atoms with Crippen LogP contribution in [0.2, 0.25) is 5.02 Å². The van der Waals surface area contributed by atoms with E-state index < -0.39 is 5.97 Å². The van der Waals surface area contributed by atoms with E-state index in [0.29, 0.717) is 22.3 Å². The van der Waals surface area contributed by atoms with Crippen LogP contribution in [-0.4, -0.2) is 31.1 Å². The molecule has 112 valence electrons. The van der Waals surface area contributed by atoms with E-state index in [1.54, 1.807) is 18.2 Å². The standard InChI is InChI=1S/C15H17ClN2O3/c1-21-15(20)10-4-2-8(16)6-13(10)18-14(19)11-7-9-3-5-12(11)17-9/h2,4,6,9,11-12,17H,3,5,7H2,1H3,(H,18,19). The van der Waals surface area contributed by atoms with Crippen LogP contribution in [-0.2, 0) is 9.53 Å². The lowest BCUT2D eigenvalue weighted by molar-refractivity contribution is -0.120. The fraction of sp³-hybridized carbons (Fsp3) is 0.467. The predicted molar refractivity (Wildman–Crippen MR) is 79.5 cm³/mol. The van der Waals surface area contributed by atoms with E-state index in [1.165, 1.54) is 7.11 Å². The Kier molecular flexibility index (Phi) is 3.87. The third-order valence-electron chi connectivity index (χ3n) is 4.28. The smallest absolute Gasteiger partial charge is 0.339 e. The third kappa shape index (κ3) is 2.76. The van der Waals surface area contributed by atoms with Gasteiger partial charge in [0.05, 0.1) is 24.3 Å². The van der Waals surface area contributed by atoms with Crippen molar-refractivity contribution in [2.75, 3.05) is 12.4 Å². The highest BCUT2D eigenvalue weighted by Crippen LogP contribution is 2.34. The van der Waals surface area contributed by atoms with Crippen LogP contribution in [0, 0.1) is 5.92 Å². The predicted octanol–water partition coefficient (Wildman–Crippen LogP) is 2.21. The molecule has 3 rings (SSSR count). The zero-order valence-electron chi connectivity index (χ0n) is 11.7. The number of hydrogen-bond acceptors (Lipinski definition) is 4. The third-order valence-corrected chi connectivity index (χ3v) is 4.52. The summed E-state index contributed by atoms with van der Waals surface area (Å²) in [4.78, 5) is 24.2. The maximum absolute atomic E-state index is 12.4. The molecule has 2 aliphatic heterocycles. The van der Waals surface area contributed by atoms with Crippen LogP contribution >= 0.6 is 11.6 Å². The van der Waals surface area contributed by atoms with Crippen molar-refractivity contribution in [3.63, 3.8) is 0 Å². The Bertz CT molecular complexity index is 590. The molecule has 0 aliphatic carbocycles. The number of methoxy groups -OCH3 is 1. The van der Waals surface area contributed by atoms with Crippen molar-refractivity contribution in [1.29, 1.82) is 0 Å². The normalized spacial score (nSPS) is 26.7. The van der Waals surface area contributed by atoms with Crippen LogP contribution in [0.4, 0.5) is 5.69 Å². The molecule has 2 N–H and O–H groups in total. The van der Waals surface area contributed by atoms with E-state index in [2.05, 4.69) is 10.6 Å². The quantitative estimate of drug-likeness (QED) is 0.840. The summed E-state index contributed by atoms with van der Waals surface area (Å²) in [6.07, 6.45) is 3.02. The van der Waals surface area contributed by atoms with E-state index in [9.17, 15) is 9.59 Å². The van der Waals surface area contributed by atoms with E-state index in [1.807, 2.05) is 0 Å². The van der Waals surface area contributed by atoms with Crippen LogP contribution in [0.15, 0.2) is 18.2 Å². The molecule has 0 spiro atoms. The minimum absolute atomic E-state index is 0.0479. The molecule has 2 aliphatic rings.